The van der Waals surface area contributed by atoms with Gasteiger partial charge in [0.05, 0.1) is 17.6 Å². The standard InChI is InChI=1S/C10H10BrN3O2/c1-2-16-10(15)14-9-12-7-4-3-6(11)5-8(7)13-9/h3-5H,2H2,1H3,(H2,12,13,14,15). The lowest BCUT2D eigenvalue weighted by Gasteiger charge is -2.00. The first kappa shape index (κ1) is 10.9. The Hall–Kier alpha value is -1.56. The van der Waals surface area contributed by atoms with Gasteiger partial charge >= 0.3 is 6.09 Å². The molecule has 1 aromatic heterocycles. The number of carbonyl (C=O) groups excluding carboxylic acids is 1. The first-order valence-corrected chi connectivity index (χ1v) is 5.57. The Morgan fingerprint density at radius 1 is 1.62 bits per heavy atom. The molecule has 0 bridgehead atoms. The molecule has 1 heterocycles. The minimum atomic E-state index is -0.513. The maximum absolute atomic E-state index is 11.2. The highest BCUT2D eigenvalue weighted by molar-refractivity contribution is 9.10. The highest BCUT2D eigenvalue weighted by atomic mass is 79.9. The average molecular weight is 284 g/mol. The van der Waals surface area contributed by atoms with E-state index in [1.54, 1.807) is 6.92 Å². The Bertz CT molecular complexity index is 524. The van der Waals surface area contributed by atoms with Crippen molar-refractivity contribution in [2.45, 2.75) is 6.92 Å². The third-order valence-electron chi connectivity index (χ3n) is 1.94. The minimum absolute atomic E-state index is 0.331. The number of halogens is 1. The quantitative estimate of drug-likeness (QED) is 0.891. The molecule has 2 N–H and O–H groups in total. The van der Waals surface area contributed by atoms with Crippen LogP contribution in [0.3, 0.4) is 0 Å². The summed E-state index contributed by atoms with van der Waals surface area (Å²) < 4.78 is 5.70. The maximum Gasteiger partial charge on any atom is 0.413 e. The molecule has 0 saturated carbocycles. The first-order valence-electron chi connectivity index (χ1n) is 4.78. The Morgan fingerprint density at radius 3 is 3.19 bits per heavy atom. The van der Waals surface area contributed by atoms with E-state index in [4.69, 9.17) is 4.74 Å². The molecule has 0 radical (unpaired) electrons. The van der Waals surface area contributed by atoms with Crippen LogP contribution in [0.25, 0.3) is 11.0 Å². The summed E-state index contributed by atoms with van der Waals surface area (Å²) >= 11 is 3.36. The molecule has 5 nitrogen and oxygen atoms in total. The maximum atomic E-state index is 11.2. The molecule has 6 heteroatoms. The van der Waals surface area contributed by atoms with Crippen molar-refractivity contribution in [2.24, 2.45) is 0 Å². The molecule has 0 atom stereocenters. The summed E-state index contributed by atoms with van der Waals surface area (Å²) in [6.45, 7) is 2.08. The van der Waals surface area contributed by atoms with E-state index in [0.717, 1.165) is 15.5 Å². The summed E-state index contributed by atoms with van der Waals surface area (Å²) in [5.41, 5.74) is 1.64. The number of H-pyrrole nitrogens is 1. The van der Waals surface area contributed by atoms with Gasteiger partial charge in [0, 0.05) is 4.47 Å². The number of hydrogen-bond acceptors (Lipinski definition) is 3. The predicted molar refractivity (Wildman–Crippen MR) is 64.4 cm³/mol. The number of anilines is 1. The predicted octanol–water partition coefficient (Wildman–Crippen LogP) is 2.89. The van der Waals surface area contributed by atoms with Crippen molar-refractivity contribution in [3.63, 3.8) is 0 Å². The van der Waals surface area contributed by atoms with Gasteiger partial charge in [-0.1, -0.05) is 15.9 Å². The summed E-state index contributed by atoms with van der Waals surface area (Å²) in [6, 6.07) is 5.63. The van der Waals surface area contributed by atoms with E-state index in [-0.39, 0.29) is 0 Å². The van der Waals surface area contributed by atoms with Crippen molar-refractivity contribution in [3.05, 3.63) is 22.7 Å². The van der Waals surface area contributed by atoms with Gasteiger partial charge in [-0.2, -0.15) is 0 Å². The van der Waals surface area contributed by atoms with Crippen LogP contribution in [-0.4, -0.2) is 22.7 Å². The van der Waals surface area contributed by atoms with Crippen molar-refractivity contribution < 1.29 is 9.53 Å². The van der Waals surface area contributed by atoms with Gasteiger partial charge in [0.25, 0.3) is 0 Å². The van der Waals surface area contributed by atoms with Crippen molar-refractivity contribution in [1.29, 1.82) is 0 Å². The number of amides is 1. The zero-order chi connectivity index (χ0) is 11.5. The van der Waals surface area contributed by atoms with Crippen molar-refractivity contribution in [2.75, 3.05) is 11.9 Å². The molecule has 2 aromatic rings. The summed E-state index contributed by atoms with van der Waals surface area (Å²) in [7, 11) is 0. The molecule has 0 aliphatic carbocycles. The molecule has 0 unspecified atom stereocenters. The molecule has 0 fully saturated rings. The van der Waals surface area contributed by atoms with Gasteiger partial charge in [-0.05, 0) is 25.1 Å². The number of fused-ring (bicyclic) bond motifs is 1. The average Bonchev–Trinajstić information content (AvgIpc) is 2.59. The van der Waals surface area contributed by atoms with Crippen LogP contribution >= 0.6 is 15.9 Å². The molecule has 2 rings (SSSR count). The molecule has 1 aromatic carbocycles. The fraction of sp³-hybridized carbons (Fsp3) is 0.200. The van der Waals surface area contributed by atoms with E-state index < -0.39 is 6.09 Å². The normalized spacial score (nSPS) is 10.4. The SMILES string of the molecule is CCOC(=O)Nc1nc2ccc(Br)cc2[nH]1. The number of nitrogens with one attached hydrogen (secondary N) is 2. The summed E-state index contributed by atoms with van der Waals surface area (Å²) in [5, 5.41) is 2.51. The van der Waals surface area contributed by atoms with Gasteiger partial charge in [-0.25, -0.2) is 9.78 Å². The van der Waals surface area contributed by atoms with Crippen LogP contribution in [0.1, 0.15) is 6.92 Å². The smallest absolute Gasteiger partial charge is 0.413 e. The van der Waals surface area contributed by atoms with E-state index >= 15 is 0 Å². The Kier molecular flexibility index (Phi) is 3.09. The second kappa shape index (κ2) is 4.52. The molecule has 84 valence electrons. The lowest BCUT2D eigenvalue weighted by Crippen LogP contribution is -2.14. The lowest BCUT2D eigenvalue weighted by atomic mass is 10.3. The number of carbonyl (C=O) groups is 1. The van der Waals surface area contributed by atoms with E-state index in [9.17, 15) is 4.79 Å². The van der Waals surface area contributed by atoms with Gasteiger partial charge < -0.3 is 9.72 Å². The molecule has 0 aliphatic rings. The number of rotatable bonds is 2. The summed E-state index contributed by atoms with van der Waals surface area (Å²) in [5.74, 6) is 0.381. The number of ether oxygens (including phenoxy) is 1. The number of aromatic amines is 1. The van der Waals surface area contributed by atoms with Crippen LogP contribution in [0.4, 0.5) is 10.7 Å². The van der Waals surface area contributed by atoms with Crippen LogP contribution in [0, 0.1) is 0 Å². The molecule has 16 heavy (non-hydrogen) atoms. The summed E-state index contributed by atoms with van der Waals surface area (Å²) in [6.07, 6.45) is -0.513. The largest absolute Gasteiger partial charge is 0.450 e. The zero-order valence-corrected chi connectivity index (χ0v) is 10.2. The van der Waals surface area contributed by atoms with Crippen molar-refractivity contribution in [3.8, 4) is 0 Å². The van der Waals surface area contributed by atoms with Gasteiger partial charge in [0.15, 0.2) is 0 Å². The number of nitrogens with zero attached hydrogens (tertiary/aromatic N) is 1. The van der Waals surface area contributed by atoms with E-state index in [1.807, 2.05) is 18.2 Å². The first-order chi connectivity index (χ1) is 7.69. The number of aromatic nitrogens is 2. The van der Waals surface area contributed by atoms with Crippen LogP contribution in [0.15, 0.2) is 22.7 Å². The zero-order valence-electron chi connectivity index (χ0n) is 8.58. The van der Waals surface area contributed by atoms with Crippen molar-refractivity contribution >= 4 is 39.0 Å². The summed E-state index contributed by atoms with van der Waals surface area (Å²) in [4.78, 5) is 18.3. The van der Waals surface area contributed by atoms with E-state index in [1.165, 1.54) is 0 Å². The van der Waals surface area contributed by atoms with Crippen LogP contribution in [-0.2, 0) is 4.74 Å². The Labute approximate surface area is 100 Å². The Morgan fingerprint density at radius 2 is 2.44 bits per heavy atom. The second-order valence-electron chi connectivity index (χ2n) is 3.09. The van der Waals surface area contributed by atoms with E-state index in [2.05, 4.69) is 31.2 Å². The third-order valence-corrected chi connectivity index (χ3v) is 2.43. The van der Waals surface area contributed by atoms with Crippen molar-refractivity contribution in [1.82, 2.24) is 9.97 Å². The molecule has 0 spiro atoms. The molecular formula is C10H10BrN3O2. The molecule has 1 amide bonds. The monoisotopic (exact) mass is 283 g/mol. The number of hydrogen-bond donors (Lipinski definition) is 2. The van der Waals surface area contributed by atoms with E-state index in [0.29, 0.717) is 12.6 Å². The number of imidazole rings is 1. The van der Waals surface area contributed by atoms with Crippen LogP contribution in [0.2, 0.25) is 0 Å². The third kappa shape index (κ3) is 2.33. The topological polar surface area (TPSA) is 67.0 Å². The lowest BCUT2D eigenvalue weighted by molar-refractivity contribution is 0.167. The van der Waals surface area contributed by atoms with Gasteiger partial charge in [-0.15, -0.1) is 0 Å². The van der Waals surface area contributed by atoms with Gasteiger partial charge in [-0.3, -0.25) is 5.32 Å². The number of benzene rings is 1. The highest BCUT2D eigenvalue weighted by Crippen LogP contribution is 2.19. The van der Waals surface area contributed by atoms with Gasteiger partial charge in [0.2, 0.25) is 5.95 Å². The second-order valence-corrected chi connectivity index (χ2v) is 4.01. The molecule has 0 aliphatic heterocycles. The minimum Gasteiger partial charge on any atom is -0.450 e. The molecular weight excluding hydrogens is 274 g/mol. The van der Waals surface area contributed by atoms with Crippen LogP contribution < -0.4 is 5.32 Å². The Balaban J connectivity index is 2.23. The van der Waals surface area contributed by atoms with Crippen LogP contribution in [0.5, 0.6) is 0 Å². The highest BCUT2D eigenvalue weighted by Gasteiger charge is 2.06. The fourth-order valence-electron chi connectivity index (χ4n) is 1.30. The fourth-order valence-corrected chi connectivity index (χ4v) is 1.67. The van der Waals surface area contributed by atoms with Gasteiger partial charge in [0.1, 0.15) is 0 Å². The molecule has 0 saturated heterocycles.